The van der Waals surface area contributed by atoms with Gasteiger partial charge in [0.15, 0.2) is 0 Å². The number of carboxylic acid groups (broad SMARTS) is 1. The van der Waals surface area contributed by atoms with Gasteiger partial charge in [-0.15, -0.1) is 0 Å². The summed E-state index contributed by atoms with van der Waals surface area (Å²) in [4.78, 5) is 11.1. The smallest absolute Gasteiger partial charge is 0.335 e. The Kier molecular flexibility index (Phi) is 6.17. The molecular formula is C18H22N2O4S. The molecule has 0 saturated carbocycles. The second-order valence-corrected chi connectivity index (χ2v) is 7.52. The first-order chi connectivity index (χ1) is 11.8. The summed E-state index contributed by atoms with van der Waals surface area (Å²) < 4.78 is 28.0. The molecule has 6 nitrogen and oxygen atoms in total. The summed E-state index contributed by atoms with van der Waals surface area (Å²) in [5, 5.41) is 12.3. The molecule has 0 fully saturated rings. The number of sulfonamides is 1. The first kappa shape index (κ1) is 19.0. The highest BCUT2D eigenvalue weighted by molar-refractivity contribution is 7.89. The number of carbonyl (C=O) groups is 1. The van der Waals surface area contributed by atoms with Crippen LogP contribution >= 0.6 is 0 Å². The van der Waals surface area contributed by atoms with Crippen LogP contribution in [0.5, 0.6) is 0 Å². The summed E-state index contributed by atoms with van der Waals surface area (Å²) in [6.07, 6.45) is 0.803. The molecule has 134 valence electrons. The SMILES string of the molecule is CC[C@H](C)Nc1ccc(C(=O)O)cc1S(=O)(=O)NCc1ccccc1. The van der Waals surface area contributed by atoms with Gasteiger partial charge in [0.05, 0.1) is 11.3 Å². The Bertz CT molecular complexity index is 835. The lowest BCUT2D eigenvalue weighted by molar-refractivity contribution is 0.0696. The van der Waals surface area contributed by atoms with Gasteiger partial charge < -0.3 is 10.4 Å². The molecule has 0 aromatic heterocycles. The highest BCUT2D eigenvalue weighted by Gasteiger charge is 2.21. The van der Waals surface area contributed by atoms with Gasteiger partial charge in [-0.25, -0.2) is 17.9 Å². The molecular weight excluding hydrogens is 340 g/mol. The number of hydrogen-bond acceptors (Lipinski definition) is 4. The highest BCUT2D eigenvalue weighted by Crippen LogP contribution is 2.24. The van der Waals surface area contributed by atoms with Crippen molar-refractivity contribution in [2.24, 2.45) is 0 Å². The lowest BCUT2D eigenvalue weighted by Gasteiger charge is -2.18. The van der Waals surface area contributed by atoms with Crippen molar-refractivity contribution in [3.8, 4) is 0 Å². The van der Waals surface area contributed by atoms with E-state index in [1.165, 1.54) is 18.2 Å². The summed E-state index contributed by atoms with van der Waals surface area (Å²) >= 11 is 0. The molecule has 7 heteroatoms. The lowest BCUT2D eigenvalue weighted by atomic mass is 10.2. The Balaban J connectivity index is 2.35. The van der Waals surface area contributed by atoms with Crippen LogP contribution in [0.25, 0.3) is 0 Å². The maximum Gasteiger partial charge on any atom is 0.335 e. The van der Waals surface area contributed by atoms with Gasteiger partial charge in [-0.3, -0.25) is 0 Å². The van der Waals surface area contributed by atoms with Crippen LogP contribution in [-0.4, -0.2) is 25.5 Å². The molecule has 25 heavy (non-hydrogen) atoms. The standard InChI is InChI=1S/C18H22N2O4S/c1-3-13(2)20-16-10-9-15(18(21)22)11-17(16)25(23,24)19-12-14-7-5-4-6-8-14/h4-11,13,19-20H,3,12H2,1-2H3,(H,21,22)/t13-/m0/s1. The van der Waals surface area contributed by atoms with Crippen LogP contribution in [0, 0.1) is 0 Å². The molecule has 0 bridgehead atoms. The fraction of sp³-hybridized carbons (Fsp3) is 0.278. The van der Waals surface area contributed by atoms with E-state index in [-0.39, 0.29) is 23.0 Å². The van der Waals surface area contributed by atoms with E-state index in [1.54, 1.807) is 0 Å². The maximum absolute atomic E-state index is 12.7. The van der Waals surface area contributed by atoms with E-state index in [0.717, 1.165) is 12.0 Å². The molecule has 2 aromatic carbocycles. The fourth-order valence-electron chi connectivity index (χ4n) is 2.22. The molecule has 0 saturated heterocycles. The number of anilines is 1. The monoisotopic (exact) mass is 362 g/mol. The van der Waals surface area contributed by atoms with Crippen LogP contribution in [0.1, 0.15) is 36.2 Å². The van der Waals surface area contributed by atoms with Crippen molar-refractivity contribution in [3.63, 3.8) is 0 Å². The molecule has 0 aliphatic heterocycles. The Hall–Kier alpha value is -2.38. The minimum Gasteiger partial charge on any atom is -0.478 e. The third kappa shape index (κ3) is 5.04. The Morgan fingerprint density at radius 1 is 1.16 bits per heavy atom. The topological polar surface area (TPSA) is 95.5 Å². The van der Waals surface area contributed by atoms with Crippen molar-refractivity contribution in [1.82, 2.24) is 4.72 Å². The number of carboxylic acids is 1. The van der Waals surface area contributed by atoms with Crippen molar-refractivity contribution in [1.29, 1.82) is 0 Å². The van der Waals surface area contributed by atoms with Gasteiger partial charge >= 0.3 is 5.97 Å². The average molecular weight is 362 g/mol. The minimum atomic E-state index is -3.87. The van der Waals surface area contributed by atoms with Crippen LogP contribution in [-0.2, 0) is 16.6 Å². The van der Waals surface area contributed by atoms with Gasteiger partial charge in [-0.2, -0.15) is 0 Å². The first-order valence-electron chi connectivity index (χ1n) is 8.01. The molecule has 0 amide bonds. The molecule has 3 N–H and O–H groups in total. The number of nitrogens with one attached hydrogen (secondary N) is 2. The zero-order valence-electron chi connectivity index (χ0n) is 14.2. The number of benzene rings is 2. The van der Waals surface area contributed by atoms with Crippen molar-refractivity contribution in [2.45, 2.75) is 37.8 Å². The lowest BCUT2D eigenvalue weighted by Crippen LogP contribution is -2.25. The van der Waals surface area contributed by atoms with Crippen LogP contribution in [0.15, 0.2) is 53.4 Å². The summed E-state index contributed by atoms with van der Waals surface area (Å²) in [6, 6.07) is 13.2. The van der Waals surface area contributed by atoms with Gasteiger partial charge in [-0.05, 0) is 37.1 Å². The number of aromatic carboxylic acids is 1. The predicted molar refractivity (Wildman–Crippen MR) is 97.2 cm³/mol. The molecule has 0 aliphatic rings. The fourth-order valence-corrected chi connectivity index (χ4v) is 3.43. The van der Waals surface area contributed by atoms with Gasteiger partial charge in [-0.1, -0.05) is 37.3 Å². The van der Waals surface area contributed by atoms with Gasteiger partial charge in [0.1, 0.15) is 4.90 Å². The molecule has 1 atom stereocenters. The second-order valence-electron chi connectivity index (χ2n) is 5.78. The first-order valence-corrected chi connectivity index (χ1v) is 9.49. The van der Waals surface area contributed by atoms with E-state index in [0.29, 0.717) is 5.69 Å². The molecule has 2 rings (SSSR count). The normalized spacial score (nSPS) is 12.6. The minimum absolute atomic E-state index is 0.0544. The van der Waals surface area contributed by atoms with Crippen molar-refractivity contribution in [2.75, 3.05) is 5.32 Å². The Morgan fingerprint density at radius 3 is 2.44 bits per heavy atom. The van der Waals surface area contributed by atoms with E-state index >= 15 is 0 Å². The third-order valence-electron chi connectivity index (χ3n) is 3.84. The summed E-state index contributed by atoms with van der Waals surface area (Å²) in [5.41, 5.74) is 1.13. The summed E-state index contributed by atoms with van der Waals surface area (Å²) in [6.45, 7) is 4.03. The van der Waals surface area contributed by atoms with Crippen LogP contribution < -0.4 is 10.0 Å². The van der Waals surface area contributed by atoms with Crippen molar-refractivity contribution in [3.05, 3.63) is 59.7 Å². The van der Waals surface area contributed by atoms with Crippen LogP contribution in [0.2, 0.25) is 0 Å². The van der Waals surface area contributed by atoms with Crippen molar-refractivity contribution >= 4 is 21.7 Å². The number of rotatable bonds is 8. The Labute approximate surface area is 147 Å². The zero-order chi connectivity index (χ0) is 18.4. The zero-order valence-corrected chi connectivity index (χ0v) is 15.0. The van der Waals surface area contributed by atoms with Gasteiger partial charge in [0.25, 0.3) is 0 Å². The summed E-state index contributed by atoms with van der Waals surface area (Å²) in [5.74, 6) is -1.17. The molecule has 0 heterocycles. The van der Waals surface area contributed by atoms with Gasteiger partial charge in [0.2, 0.25) is 10.0 Å². The molecule has 0 radical (unpaired) electrons. The van der Waals surface area contributed by atoms with E-state index in [1.807, 2.05) is 44.2 Å². The quantitative estimate of drug-likeness (QED) is 0.671. The van der Waals surface area contributed by atoms with E-state index < -0.39 is 16.0 Å². The van der Waals surface area contributed by atoms with Gasteiger partial charge in [0, 0.05) is 12.6 Å². The molecule has 0 aliphatic carbocycles. The summed E-state index contributed by atoms with van der Waals surface area (Å²) in [7, 11) is -3.87. The molecule has 2 aromatic rings. The highest BCUT2D eigenvalue weighted by atomic mass is 32.2. The molecule has 0 spiro atoms. The Morgan fingerprint density at radius 2 is 1.84 bits per heavy atom. The maximum atomic E-state index is 12.7. The number of hydrogen-bond donors (Lipinski definition) is 3. The van der Waals surface area contributed by atoms with E-state index in [9.17, 15) is 13.2 Å². The van der Waals surface area contributed by atoms with Crippen LogP contribution in [0.4, 0.5) is 5.69 Å². The predicted octanol–water partition coefficient (Wildman–Crippen LogP) is 3.07. The molecule has 0 unspecified atom stereocenters. The van der Waals surface area contributed by atoms with E-state index in [2.05, 4.69) is 10.0 Å². The average Bonchev–Trinajstić information content (AvgIpc) is 2.61. The second kappa shape index (κ2) is 8.13. The van der Waals surface area contributed by atoms with Crippen molar-refractivity contribution < 1.29 is 18.3 Å². The largest absolute Gasteiger partial charge is 0.478 e. The van der Waals surface area contributed by atoms with Crippen LogP contribution in [0.3, 0.4) is 0 Å². The van der Waals surface area contributed by atoms with E-state index in [4.69, 9.17) is 5.11 Å². The third-order valence-corrected chi connectivity index (χ3v) is 5.28.